The Kier molecular flexibility index (Phi) is 4.86. The number of anilines is 1. The maximum absolute atomic E-state index is 12.7. The molecule has 1 aromatic heterocycles. The van der Waals surface area contributed by atoms with Crippen LogP contribution in [0.3, 0.4) is 0 Å². The van der Waals surface area contributed by atoms with Crippen LogP contribution in [0.25, 0.3) is 17.1 Å². The van der Waals surface area contributed by atoms with Gasteiger partial charge in [-0.25, -0.2) is 14.5 Å². The number of carbonyl (C=O) groups is 2. The number of para-hydroxylation sites is 1. The number of aromatic nitrogens is 3. The number of carboxylic acid groups (broad SMARTS) is 1. The van der Waals surface area contributed by atoms with Crippen LogP contribution in [0, 0.1) is 0 Å². The van der Waals surface area contributed by atoms with E-state index in [-0.39, 0.29) is 11.4 Å². The number of benzene rings is 3. The van der Waals surface area contributed by atoms with Crippen LogP contribution < -0.4 is 5.32 Å². The van der Waals surface area contributed by atoms with Crippen molar-refractivity contribution in [2.45, 2.75) is 0 Å². The van der Waals surface area contributed by atoms with E-state index in [1.807, 2.05) is 60.7 Å². The van der Waals surface area contributed by atoms with Crippen LogP contribution in [0.4, 0.5) is 5.69 Å². The van der Waals surface area contributed by atoms with E-state index in [9.17, 15) is 9.59 Å². The van der Waals surface area contributed by atoms with E-state index in [0.717, 1.165) is 11.3 Å². The topological polar surface area (TPSA) is 97.1 Å². The van der Waals surface area contributed by atoms with Crippen molar-refractivity contribution in [3.8, 4) is 17.1 Å². The molecule has 0 aliphatic heterocycles. The second kappa shape index (κ2) is 7.77. The van der Waals surface area contributed by atoms with Gasteiger partial charge in [-0.2, -0.15) is 0 Å². The molecule has 2 N–H and O–H groups in total. The fourth-order valence-corrected chi connectivity index (χ4v) is 2.81. The lowest BCUT2D eigenvalue weighted by molar-refractivity contribution is 0.0696. The highest BCUT2D eigenvalue weighted by Crippen LogP contribution is 2.21. The Bertz CT molecular complexity index is 1100. The third-order valence-corrected chi connectivity index (χ3v) is 4.23. The van der Waals surface area contributed by atoms with Crippen molar-refractivity contribution < 1.29 is 14.7 Å². The third-order valence-electron chi connectivity index (χ3n) is 4.23. The van der Waals surface area contributed by atoms with Gasteiger partial charge in [-0.1, -0.05) is 48.5 Å². The van der Waals surface area contributed by atoms with Crippen molar-refractivity contribution in [3.63, 3.8) is 0 Å². The van der Waals surface area contributed by atoms with Crippen molar-refractivity contribution in [3.05, 3.63) is 96.3 Å². The minimum absolute atomic E-state index is 0.00928. The molecule has 0 fully saturated rings. The molecule has 0 aliphatic carbocycles. The van der Waals surface area contributed by atoms with E-state index >= 15 is 0 Å². The lowest BCUT2D eigenvalue weighted by Crippen LogP contribution is -2.14. The summed E-state index contributed by atoms with van der Waals surface area (Å²) in [5.41, 5.74) is 2.20. The van der Waals surface area contributed by atoms with Crippen molar-refractivity contribution in [2.75, 3.05) is 5.32 Å². The standard InChI is InChI=1S/C22H16N4O3/c27-21(23-17-13-11-16(12-14-17)22(28)29)19-24-20(15-7-3-1-4-8-15)26(25-19)18-9-5-2-6-10-18/h1-14H,(H,23,27)(H,28,29). The van der Waals surface area contributed by atoms with Gasteiger partial charge in [-0.05, 0) is 36.4 Å². The Labute approximate surface area is 166 Å². The number of hydrogen-bond acceptors (Lipinski definition) is 4. The molecular weight excluding hydrogens is 368 g/mol. The molecule has 4 rings (SSSR count). The Morgan fingerprint density at radius 2 is 1.45 bits per heavy atom. The Hall–Kier alpha value is -4.26. The summed E-state index contributed by atoms with van der Waals surface area (Å²) in [6.45, 7) is 0. The van der Waals surface area contributed by atoms with Gasteiger partial charge in [0.25, 0.3) is 5.91 Å². The van der Waals surface area contributed by atoms with Crippen LogP contribution in [0.15, 0.2) is 84.9 Å². The SMILES string of the molecule is O=C(O)c1ccc(NC(=O)c2nc(-c3ccccc3)n(-c3ccccc3)n2)cc1. The van der Waals surface area contributed by atoms with Crippen LogP contribution in [-0.4, -0.2) is 31.7 Å². The molecular formula is C22H16N4O3. The van der Waals surface area contributed by atoms with Crippen molar-refractivity contribution >= 4 is 17.6 Å². The zero-order chi connectivity index (χ0) is 20.2. The zero-order valence-corrected chi connectivity index (χ0v) is 15.2. The second-order valence-corrected chi connectivity index (χ2v) is 6.21. The van der Waals surface area contributed by atoms with Gasteiger partial charge >= 0.3 is 5.97 Å². The highest BCUT2D eigenvalue weighted by molar-refractivity contribution is 6.02. The number of carbonyl (C=O) groups excluding carboxylic acids is 1. The van der Waals surface area contributed by atoms with Crippen LogP contribution in [0.2, 0.25) is 0 Å². The second-order valence-electron chi connectivity index (χ2n) is 6.21. The van der Waals surface area contributed by atoms with Gasteiger partial charge in [0.15, 0.2) is 5.82 Å². The van der Waals surface area contributed by atoms with Gasteiger partial charge in [0.1, 0.15) is 0 Å². The number of carboxylic acids is 1. The van der Waals surface area contributed by atoms with Crippen LogP contribution >= 0.6 is 0 Å². The number of rotatable bonds is 5. The molecule has 0 atom stereocenters. The van der Waals surface area contributed by atoms with E-state index in [2.05, 4.69) is 15.4 Å². The first-order valence-electron chi connectivity index (χ1n) is 8.84. The minimum Gasteiger partial charge on any atom is -0.478 e. The Morgan fingerprint density at radius 1 is 0.828 bits per heavy atom. The van der Waals surface area contributed by atoms with Gasteiger partial charge in [0.2, 0.25) is 5.82 Å². The van der Waals surface area contributed by atoms with Gasteiger partial charge < -0.3 is 10.4 Å². The molecule has 29 heavy (non-hydrogen) atoms. The zero-order valence-electron chi connectivity index (χ0n) is 15.2. The monoisotopic (exact) mass is 384 g/mol. The molecule has 4 aromatic rings. The molecule has 0 saturated carbocycles. The largest absolute Gasteiger partial charge is 0.478 e. The quantitative estimate of drug-likeness (QED) is 0.544. The van der Waals surface area contributed by atoms with E-state index in [4.69, 9.17) is 5.11 Å². The molecule has 0 unspecified atom stereocenters. The highest BCUT2D eigenvalue weighted by Gasteiger charge is 2.19. The van der Waals surface area contributed by atoms with Gasteiger partial charge in [-0.3, -0.25) is 4.79 Å². The lowest BCUT2D eigenvalue weighted by atomic mass is 10.2. The summed E-state index contributed by atoms with van der Waals surface area (Å²) in [5, 5.41) is 16.1. The van der Waals surface area contributed by atoms with Crippen LogP contribution in [-0.2, 0) is 0 Å². The summed E-state index contributed by atoms with van der Waals surface area (Å²) >= 11 is 0. The maximum atomic E-state index is 12.7. The van der Waals surface area contributed by atoms with Gasteiger partial charge in [0.05, 0.1) is 11.3 Å². The summed E-state index contributed by atoms with van der Waals surface area (Å²) in [7, 11) is 0. The summed E-state index contributed by atoms with van der Waals surface area (Å²) in [6, 6.07) is 24.8. The minimum atomic E-state index is -1.03. The number of hydrogen-bond donors (Lipinski definition) is 2. The van der Waals surface area contributed by atoms with E-state index in [1.165, 1.54) is 24.3 Å². The molecule has 0 aliphatic rings. The van der Waals surface area contributed by atoms with Crippen LogP contribution in [0.5, 0.6) is 0 Å². The first-order valence-corrected chi connectivity index (χ1v) is 8.84. The van der Waals surface area contributed by atoms with Gasteiger partial charge in [0, 0.05) is 11.3 Å². The molecule has 0 spiro atoms. The summed E-state index contributed by atoms with van der Waals surface area (Å²) < 4.78 is 1.62. The summed E-state index contributed by atoms with van der Waals surface area (Å²) in [6.07, 6.45) is 0. The summed E-state index contributed by atoms with van der Waals surface area (Å²) in [4.78, 5) is 28.1. The predicted molar refractivity (Wildman–Crippen MR) is 108 cm³/mol. The maximum Gasteiger partial charge on any atom is 0.335 e. The molecule has 3 aromatic carbocycles. The number of aromatic carboxylic acids is 1. The molecule has 7 heteroatoms. The molecule has 142 valence electrons. The molecule has 0 radical (unpaired) electrons. The van der Waals surface area contributed by atoms with Crippen LogP contribution in [0.1, 0.15) is 21.0 Å². The molecule has 1 heterocycles. The molecule has 0 saturated heterocycles. The fraction of sp³-hybridized carbons (Fsp3) is 0. The van der Waals surface area contributed by atoms with E-state index in [0.29, 0.717) is 11.5 Å². The fourth-order valence-electron chi connectivity index (χ4n) is 2.81. The summed E-state index contributed by atoms with van der Waals surface area (Å²) in [5.74, 6) is -0.961. The Balaban J connectivity index is 1.68. The first kappa shape index (κ1) is 18.1. The smallest absolute Gasteiger partial charge is 0.335 e. The number of nitrogens with zero attached hydrogens (tertiary/aromatic N) is 3. The Morgan fingerprint density at radius 3 is 2.07 bits per heavy atom. The lowest BCUT2D eigenvalue weighted by Gasteiger charge is -2.05. The van der Waals surface area contributed by atoms with Crippen molar-refractivity contribution in [2.24, 2.45) is 0 Å². The molecule has 1 amide bonds. The average Bonchev–Trinajstić information content (AvgIpc) is 3.21. The highest BCUT2D eigenvalue weighted by atomic mass is 16.4. The van der Waals surface area contributed by atoms with Gasteiger partial charge in [-0.15, -0.1) is 5.10 Å². The number of amides is 1. The van der Waals surface area contributed by atoms with E-state index in [1.54, 1.807) is 4.68 Å². The normalized spacial score (nSPS) is 10.5. The number of nitrogens with one attached hydrogen (secondary N) is 1. The molecule has 7 nitrogen and oxygen atoms in total. The molecule has 0 bridgehead atoms. The third kappa shape index (κ3) is 3.89. The average molecular weight is 384 g/mol. The van der Waals surface area contributed by atoms with Crippen molar-refractivity contribution in [1.82, 2.24) is 14.8 Å². The van der Waals surface area contributed by atoms with E-state index < -0.39 is 11.9 Å². The predicted octanol–water partition coefficient (Wildman–Crippen LogP) is 3.88. The first-order chi connectivity index (χ1) is 14.1. The van der Waals surface area contributed by atoms with Crippen molar-refractivity contribution in [1.29, 1.82) is 0 Å².